The molecule has 0 bridgehead atoms. The second kappa shape index (κ2) is 5.36. The molecular weight excluding hydrogens is 180 g/mol. The fourth-order valence-electron chi connectivity index (χ4n) is 1.09. The molecule has 0 saturated heterocycles. The predicted molar refractivity (Wildman–Crippen MR) is 53.1 cm³/mol. The van der Waals surface area contributed by atoms with Crippen molar-refractivity contribution in [3.05, 3.63) is 12.2 Å². The first-order chi connectivity index (χ1) is 6.74. The molecule has 0 aliphatic rings. The second-order valence-electron chi connectivity index (χ2n) is 3.18. The van der Waals surface area contributed by atoms with Crippen LogP contribution in [0.25, 0.3) is 0 Å². The first-order valence-electron chi connectivity index (χ1n) is 4.90. The van der Waals surface area contributed by atoms with Gasteiger partial charge in [0.2, 0.25) is 0 Å². The number of amides is 1. The summed E-state index contributed by atoms with van der Waals surface area (Å²) >= 11 is 0. The molecule has 14 heavy (non-hydrogen) atoms. The minimum Gasteiger partial charge on any atom is -0.336 e. The first-order valence-corrected chi connectivity index (χ1v) is 4.90. The monoisotopic (exact) mass is 196 g/mol. The Labute approximate surface area is 83.5 Å². The molecule has 0 fully saturated rings. The zero-order valence-electron chi connectivity index (χ0n) is 8.66. The molecule has 1 heterocycles. The number of aromatic nitrogens is 3. The van der Waals surface area contributed by atoms with Crippen LogP contribution in [0.15, 0.2) is 6.33 Å². The molecule has 0 aliphatic heterocycles. The van der Waals surface area contributed by atoms with Crippen molar-refractivity contribution in [2.24, 2.45) is 0 Å². The van der Waals surface area contributed by atoms with Gasteiger partial charge in [0.1, 0.15) is 12.2 Å². The third-order valence-corrected chi connectivity index (χ3v) is 1.87. The molecule has 0 aliphatic carbocycles. The van der Waals surface area contributed by atoms with Gasteiger partial charge in [-0.25, -0.2) is 9.78 Å². The fraction of sp³-hybridized carbons (Fsp3) is 0.667. The SMILES string of the molecule is CCCCCNC(=O)n1cnc(C)n1. The summed E-state index contributed by atoms with van der Waals surface area (Å²) in [6.07, 6.45) is 4.72. The van der Waals surface area contributed by atoms with Crippen LogP contribution in [0.3, 0.4) is 0 Å². The molecule has 1 aromatic heterocycles. The van der Waals surface area contributed by atoms with Crippen LogP contribution in [0.1, 0.15) is 32.0 Å². The van der Waals surface area contributed by atoms with E-state index >= 15 is 0 Å². The van der Waals surface area contributed by atoms with E-state index in [0.717, 1.165) is 19.3 Å². The number of aryl methyl sites for hydroxylation is 1. The Bertz CT molecular complexity index is 295. The average molecular weight is 196 g/mol. The molecule has 1 N–H and O–H groups in total. The molecule has 78 valence electrons. The van der Waals surface area contributed by atoms with Crippen LogP contribution in [0.2, 0.25) is 0 Å². The van der Waals surface area contributed by atoms with Gasteiger partial charge in [-0.15, -0.1) is 5.10 Å². The van der Waals surface area contributed by atoms with E-state index in [1.807, 2.05) is 0 Å². The van der Waals surface area contributed by atoms with Crippen molar-refractivity contribution in [3.8, 4) is 0 Å². The van der Waals surface area contributed by atoms with Gasteiger partial charge in [-0.3, -0.25) is 0 Å². The summed E-state index contributed by atoms with van der Waals surface area (Å²) in [5.74, 6) is 0.605. The Morgan fingerprint density at radius 2 is 2.36 bits per heavy atom. The summed E-state index contributed by atoms with van der Waals surface area (Å²) in [6, 6.07) is -0.207. The smallest absolute Gasteiger partial charge is 0.336 e. The van der Waals surface area contributed by atoms with E-state index in [1.165, 1.54) is 11.0 Å². The highest BCUT2D eigenvalue weighted by Crippen LogP contribution is 1.92. The molecule has 0 aromatic carbocycles. The number of hydrogen-bond donors (Lipinski definition) is 1. The Kier molecular flexibility index (Phi) is 4.10. The molecule has 0 atom stereocenters. The van der Waals surface area contributed by atoms with Crippen LogP contribution in [0.5, 0.6) is 0 Å². The highest BCUT2D eigenvalue weighted by Gasteiger charge is 2.04. The number of carbonyl (C=O) groups is 1. The van der Waals surface area contributed by atoms with E-state index in [2.05, 4.69) is 22.3 Å². The molecule has 5 nitrogen and oxygen atoms in total. The number of carbonyl (C=O) groups excluding carboxylic acids is 1. The number of rotatable bonds is 4. The van der Waals surface area contributed by atoms with Crippen molar-refractivity contribution in [1.82, 2.24) is 20.1 Å². The molecule has 5 heteroatoms. The number of hydrogen-bond acceptors (Lipinski definition) is 3. The maximum atomic E-state index is 11.4. The van der Waals surface area contributed by atoms with Crippen LogP contribution in [0.4, 0.5) is 4.79 Å². The third-order valence-electron chi connectivity index (χ3n) is 1.87. The van der Waals surface area contributed by atoms with Crippen LogP contribution in [-0.4, -0.2) is 27.3 Å². The lowest BCUT2D eigenvalue weighted by Crippen LogP contribution is -2.29. The summed E-state index contributed by atoms with van der Waals surface area (Å²) in [5, 5.41) is 6.67. The highest BCUT2D eigenvalue weighted by atomic mass is 16.2. The Balaban J connectivity index is 2.29. The lowest BCUT2D eigenvalue weighted by atomic mass is 10.2. The van der Waals surface area contributed by atoms with Crippen molar-refractivity contribution < 1.29 is 4.79 Å². The molecule has 0 saturated carbocycles. The summed E-state index contributed by atoms with van der Waals surface area (Å²) in [6.45, 7) is 4.58. The summed E-state index contributed by atoms with van der Waals surface area (Å²) in [7, 11) is 0. The standard InChI is InChI=1S/C9H16N4O/c1-3-4-5-6-10-9(14)13-7-11-8(2)12-13/h7H,3-6H2,1-2H3,(H,10,14). The van der Waals surface area contributed by atoms with E-state index in [-0.39, 0.29) is 6.03 Å². The number of nitrogens with one attached hydrogen (secondary N) is 1. The van der Waals surface area contributed by atoms with Crippen LogP contribution >= 0.6 is 0 Å². The van der Waals surface area contributed by atoms with Gasteiger partial charge in [-0.05, 0) is 13.3 Å². The van der Waals surface area contributed by atoms with E-state index < -0.39 is 0 Å². The number of unbranched alkanes of at least 4 members (excludes halogenated alkanes) is 2. The van der Waals surface area contributed by atoms with E-state index in [4.69, 9.17) is 0 Å². The van der Waals surface area contributed by atoms with Crippen LogP contribution in [-0.2, 0) is 0 Å². The highest BCUT2D eigenvalue weighted by molar-refractivity contribution is 5.75. The summed E-state index contributed by atoms with van der Waals surface area (Å²) in [5.41, 5.74) is 0. The molecule has 0 unspecified atom stereocenters. The van der Waals surface area contributed by atoms with Gasteiger partial charge in [-0.1, -0.05) is 19.8 Å². The minimum atomic E-state index is -0.207. The normalized spacial score (nSPS) is 10.1. The topological polar surface area (TPSA) is 59.8 Å². The van der Waals surface area contributed by atoms with Gasteiger partial charge >= 0.3 is 6.03 Å². The third kappa shape index (κ3) is 3.16. The maximum Gasteiger partial charge on any atom is 0.343 e. The van der Waals surface area contributed by atoms with Gasteiger partial charge in [-0.2, -0.15) is 4.68 Å². The first kappa shape index (κ1) is 10.7. The van der Waals surface area contributed by atoms with E-state index in [0.29, 0.717) is 12.4 Å². The van der Waals surface area contributed by atoms with Gasteiger partial charge in [0.05, 0.1) is 0 Å². The average Bonchev–Trinajstić information content (AvgIpc) is 2.59. The quantitative estimate of drug-likeness (QED) is 0.739. The Morgan fingerprint density at radius 1 is 1.57 bits per heavy atom. The van der Waals surface area contributed by atoms with Crippen molar-refractivity contribution >= 4 is 6.03 Å². The largest absolute Gasteiger partial charge is 0.343 e. The van der Waals surface area contributed by atoms with Gasteiger partial charge < -0.3 is 5.32 Å². The molecular formula is C9H16N4O. The molecule has 0 spiro atoms. The van der Waals surface area contributed by atoms with Gasteiger partial charge in [0, 0.05) is 6.54 Å². The lowest BCUT2D eigenvalue weighted by molar-refractivity contribution is 0.239. The zero-order chi connectivity index (χ0) is 10.4. The Hall–Kier alpha value is -1.39. The molecule has 1 rings (SSSR count). The summed E-state index contributed by atoms with van der Waals surface area (Å²) in [4.78, 5) is 15.2. The number of nitrogens with zero attached hydrogens (tertiary/aromatic N) is 3. The van der Waals surface area contributed by atoms with Crippen molar-refractivity contribution in [3.63, 3.8) is 0 Å². The second-order valence-corrected chi connectivity index (χ2v) is 3.18. The van der Waals surface area contributed by atoms with Crippen LogP contribution < -0.4 is 5.32 Å². The molecule has 0 radical (unpaired) electrons. The van der Waals surface area contributed by atoms with E-state index in [9.17, 15) is 4.79 Å². The maximum absolute atomic E-state index is 11.4. The predicted octanol–water partition coefficient (Wildman–Crippen LogP) is 1.33. The zero-order valence-corrected chi connectivity index (χ0v) is 8.66. The lowest BCUT2D eigenvalue weighted by Gasteiger charge is -2.02. The van der Waals surface area contributed by atoms with E-state index in [1.54, 1.807) is 6.92 Å². The van der Waals surface area contributed by atoms with Gasteiger partial charge in [0.15, 0.2) is 0 Å². The van der Waals surface area contributed by atoms with Crippen LogP contribution in [0, 0.1) is 6.92 Å². The minimum absolute atomic E-state index is 0.207. The molecule has 1 amide bonds. The fourth-order valence-corrected chi connectivity index (χ4v) is 1.09. The molecule has 1 aromatic rings. The van der Waals surface area contributed by atoms with Crippen molar-refractivity contribution in [2.75, 3.05) is 6.54 Å². The van der Waals surface area contributed by atoms with Gasteiger partial charge in [0.25, 0.3) is 0 Å². The van der Waals surface area contributed by atoms with Crippen molar-refractivity contribution in [2.45, 2.75) is 33.1 Å². The summed E-state index contributed by atoms with van der Waals surface area (Å²) < 4.78 is 1.22. The Morgan fingerprint density at radius 3 is 2.93 bits per heavy atom. The van der Waals surface area contributed by atoms with Crippen molar-refractivity contribution in [1.29, 1.82) is 0 Å².